The van der Waals surface area contributed by atoms with Crippen molar-refractivity contribution in [2.45, 2.75) is 104 Å². The zero-order chi connectivity index (χ0) is 30.0. The minimum Gasteiger partial charge on any atom is -0.389 e. The summed E-state index contributed by atoms with van der Waals surface area (Å²) >= 11 is 0. The predicted molar refractivity (Wildman–Crippen MR) is 157 cm³/mol. The molecule has 3 atom stereocenters. The summed E-state index contributed by atoms with van der Waals surface area (Å²) in [5.41, 5.74) is -0.0584. The van der Waals surface area contributed by atoms with Crippen molar-refractivity contribution in [2.75, 3.05) is 26.7 Å². The second-order valence-corrected chi connectivity index (χ2v) is 12.8. The molecular weight excluding hydrogens is 494 g/mol. The van der Waals surface area contributed by atoms with Gasteiger partial charge in [-0.1, -0.05) is 44.2 Å². The average molecular weight is 548 g/mol. The molecule has 0 bridgehead atoms. The van der Waals surface area contributed by atoms with E-state index >= 15 is 0 Å². The van der Waals surface area contributed by atoms with Crippen molar-refractivity contribution in [2.24, 2.45) is 5.92 Å². The number of urea groups is 1. The van der Waals surface area contributed by atoms with Crippen molar-refractivity contribution in [1.29, 1.82) is 0 Å². The maximum atomic E-state index is 13.3. The number of amides is 4. The molecule has 0 fully saturated rings. The third kappa shape index (κ3) is 12.8. The highest BCUT2D eigenvalue weighted by Gasteiger charge is 2.33. The van der Waals surface area contributed by atoms with Crippen LogP contribution < -0.4 is 16.0 Å². The van der Waals surface area contributed by atoms with Crippen LogP contribution in [0.1, 0.15) is 74.3 Å². The predicted octanol–water partition coefficient (Wildman–Crippen LogP) is 3.17. The molecule has 1 aromatic carbocycles. The molecule has 0 aliphatic heterocycles. The maximum absolute atomic E-state index is 13.3. The van der Waals surface area contributed by atoms with Gasteiger partial charge < -0.3 is 30.9 Å². The van der Waals surface area contributed by atoms with Gasteiger partial charge in [0.1, 0.15) is 6.54 Å². The van der Waals surface area contributed by atoms with Gasteiger partial charge in [-0.3, -0.25) is 9.59 Å². The molecule has 9 nitrogen and oxygen atoms in total. The van der Waals surface area contributed by atoms with Gasteiger partial charge in [0.15, 0.2) is 0 Å². The molecule has 39 heavy (non-hydrogen) atoms. The molecule has 0 aliphatic carbocycles. The molecule has 1 rings (SSSR count). The van der Waals surface area contributed by atoms with E-state index in [4.69, 9.17) is 0 Å². The van der Waals surface area contributed by atoms with Gasteiger partial charge in [0.2, 0.25) is 11.8 Å². The Bertz CT molecular complexity index is 908. The summed E-state index contributed by atoms with van der Waals surface area (Å²) in [6.07, 6.45) is 0.136. The van der Waals surface area contributed by atoms with E-state index in [2.05, 4.69) is 29.8 Å². The molecule has 0 aliphatic rings. The van der Waals surface area contributed by atoms with E-state index in [1.54, 1.807) is 23.8 Å². The van der Waals surface area contributed by atoms with Gasteiger partial charge in [0, 0.05) is 17.6 Å². The lowest BCUT2D eigenvalue weighted by Crippen LogP contribution is -2.58. The number of aliphatic hydroxyl groups is 1. The summed E-state index contributed by atoms with van der Waals surface area (Å²) in [5, 5.41) is 20.3. The largest absolute Gasteiger partial charge is 0.389 e. The van der Waals surface area contributed by atoms with Crippen LogP contribution in [0.15, 0.2) is 30.3 Å². The minimum absolute atomic E-state index is 0.0606. The van der Waals surface area contributed by atoms with Crippen molar-refractivity contribution in [3.63, 3.8) is 0 Å². The monoisotopic (exact) mass is 547 g/mol. The first kappa shape index (κ1) is 34.4. The van der Waals surface area contributed by atoms with Gasteiger partial charge in [-0.25, -0.2) is 4.79 Å². The van der Waals surface area contributed by atoms with E-state index in [-0.39, 0.29) is 30.9 Å². The molecular formula is C30H53N5O4. The van der Waals surface area contributed by atoms with Crippen LogP contribution in [0.2, 0.25) is 0 Å². The van der Waals surface area contributed by atoms with Gasteiger partial charge in [0.25, 0.3) is 0 Å². The molecule has 0 unspecified atom stereocenters. The fourth-order valence-corrected chi connectivity index (χ4v) is 3.99. The van der Waals surface area contributed by atoms with Crippen LogP contribution in [0, 0.1) is 5.92 Å². The Morgan fingerprint density at radius 3 is 2.05 bits per heavy atom. The lowest BCUT2D eigenvalue weighted by atomic mass is 10.00. The minimum atomic E-state index is -1.03. The molecule has 0 heterocycles. The highest BCUT2D eigenvalue weighted by atomic mass is 16.3. The lowest BCUT2D eigenvalue weighted by Gasteiger charge is -2.37. The second kappa shape index (κ2) is 15.2. The lowest BCUT2D eigenvalue weighted by molar-refractivity contribution is -0.142. The fourth-order valence-electron chi connectivity index (χ4n) is 3.99. The Morgan fingerprint density at radius 2 is 1.56 bits per heavy atom. The summed E-state index contributed by atoms with van der Waals surface area (Å²) in [6, 6.07) is 8.24. The molecule has 9 heteroatoms. The van der Waals surface area contributed by atoms with Crippen LogP contribution in [-0.4, -0.2) is 88.7 Å². The normalized spacial score (nSPS) is 14.4. The average Bonchev–Trinajstić information content (AvgIpc) is 2.82. The third-order valence-corrected chi connectivity index (χ3v) is 6.44. The van der Waals surface area contributed by atoms with Gasteiger partial charge in [-0.05, 0) is 79.8 Å². The van der Waals surface area contributed by atoms with Crippen LogP contribution in [-0.2, 0) is 16.0 Å². The number of carbonyl (C=O) groups is 3. The molecule has 0 spiro atoms. The number of hydrogen-bond acceptors (Lipinski definition) is 5. The van der Waals surface area contributed by atoms with E-state index in [9.17, 15) is 19.5 Å². The van der Waals surface area contributed by atoms with E-state index < -0.39 is 29.3 Å². The Labute approximate surface area is 236 Å². The number of benzene rings is 1. The first-order valence-corrected chi connectivity index (χ1v) is 14.0. The van der Waals surface area contributed by atoms with Gasteiger partial charge in [0.05, 0.1) is 24.7 Å². The van der Waals surface area contributed by atoms with Crippen molar-refractivity contribution in [3.8, 4) is 0 Å². The Balaban J connectivity index is 3.19. The summed E-state index contributed by atoms with van der Waals surface area (Å²) in [6.45, 7) is 17.7. The molecule has 0 radical (unpaired) electrons. The molecule has 0 saturated heterocycles. The quantitative estimate of drug-likeness (QED) is 0.303. The highest BCUT2D eigenvalue weighted by Crippen LogP contribution is 2.16. The van der Waals surface area contributed by atoms with E-state index in [1.807, 2.05) is 71.9 Å². The van der Waals surface area contributed by atoms with Crippen molar-refractivity contribution in [1.82, 2.24) is 25.8 Å². The molecule has 0 saturated carbocycles. The van der Waals surface area contributed by atoms with E-state index in [0.29, 0.717) is 18.9 Å². The molecule has 0 aromatic heterocycles. The van der Waals surface area contributed by atoms with Gasteiger partial charge in [-0.2, -0.15) is 0 Å². The van der Waals surface area contributed by atoms with Crippen molar-refractivity contribution < 1.29 is 19.5 Å². The number of likely N-dealkylation sites (N-methyl/N-ethyl adjacent to an activating group) is 1. The number of hydrogen-bond donors (Lipinski definition) is 4. The molecule has 4 N–H and O–H groups in total. The number of nitrogens with zero attached hydrogens (tertiary/aromatic N) is 2. The van der Waals surface area contributed by atoms with Crippen molar-refractivity contribution in [3.05, 3.63) is 35.9 Å². The molecule has 4 amide bonds. The first-order chi connectivity index (χ1) is 17.9. The number of carbonyl (C=O) groups excluding carboxylic acids is 3. The topological polar surface area (TPSA) is 114 Å². The highest BCUT2D eigenvalue weighted by molar-refractivity contribution is 5.88. The first-order valence-electron chi connectivity index (χ1n) is 14.0. The van der Waals surface area contributed by atoms with Gasteiger partial charge in [-0.15, -0.1) is 0 Å². The van der Waals surface area contributed by atoms with Crippen LogP contribution in [0.4, 0.5) is 4.79 Å². The maximum Gasteiger partial charge on any atom is 0.317 e. The van der Waals surface area contributed by atoms with Crippen LogP contribution in [0.25, 0.3) is 0 Å². The van der Waals surface area contributed by atoms with E-state index in [0.717, 1.165) is 12.0 Å². The van der Waals surface area contributed by atoms with Crippen LogP contribution in [0.5, 0.6) is 0 Å². The Hall–Kier alpha value is -2.65. The molecule has 222 valence electrons. The van der Waals surface area contributed by atoms with Crippen molar-refractivity contribution >= 4 is 17.8 Å². The summed E-state index contributed by atoms with van der Waals surface area (Å²) in [5.74, 6) is -0.165. The zero-order valence-electron chi connectivity index (χ0n) is 25.8. The molecule has 1 aromatic rings. The summed E-state index contributed by atoms with van der Waals surface area (Å²) in [7, 11) is 1.70. The smallest absolute Gasteiger partial charge is 0.317 e. The zero-order valence-corrected chi connectivity index (χ0v) is 25.8. The van der Waals surface area contributed by atoms with E-state index in [1.165, 1.54) is 0 Å². The Morgan fingerprint density at radius 1 is 0.974 bits per heavy atom. The third-order valence-electron chi connectivity index (χ3n) is 6.44. The van der Waals surface area contributed by atoms with Gasteiger partial charge >= 0.3 is 6.03 Å². The number of aliphatic hydroxyl groups excluding tert-OH is 1. The number of nitrogens with one attached hydrogen (secondary N) is 3. The summed E-state index contributed by atoms with van der Waals surface area (Å²) < 4.78 is 0. The second-order valence-electron chi connectivity index (χ2n) is 12.8. The fraction of sp³-hybridized carbons (Fsp3) is 0.700. The Kier molecular flexibility index (Phi) is 13.4. The SMILES string of the molecule is CN[C@H](C)C(=O)N(CC(=O)N[C@@H](Cc1ccccc1)[C@H](O)CN(CCC(C)C)C(=O)NC(C)(C)C)C(C)(C)C. The van der Waals surface area contributed by atoms with Crippen LogP contribution in [0.3, 0.4) is 0 Å². The summed E-state index contributed by atoms with van der Waals surface area (Å²) in [4.78, 5) is 42.6. The standard InChI is InChI=1S/C30H53N5O4/c1-21(2)16-17-34(28(39)33-29(4,5)6)19-25(36)24(18-23-14-12-11-13-15-23)32-26(37)20-35(30(7,8)9)27(38)22(3)31-10/h11-15,21-22,24-25,31,36H,16-20H2,1-10H3,(H,32,37)(H,33,39)/t22-,24+,25-/m1/s1. The van der Waals surface area contributed by atoms with Crippen LogP contribution >= 0.6 is 0 Å². The number of rotatable bonds is 13.